The number of methoxy groups -OCH3 is 1. The molecule has 2 unspecified atom stereocenters. The number of aromatic hydroxyl groups is 1. The first-order chi connectivity index (χ1) is 9.17. The molecule has 19 heavy (non-hydrogen) atoms. The molecule has 2 N–H and O–H groups in total. The van der Waals surface area contributed by atoms with Crippen molar-refractivity contribution in [2.45, 2.75) is 6.54 Å². The van der Waals surface area contributed by atoms with E-state index in [0.717, 1.165) is 31.5 Å². The summed E-state index contributed by atoms with van der Waals surface area (Å²) in [5, 5.41) is 13.3. The van der Waals surface area contributed by atoms with Crippen molar-refractivity contribution in [3.8, 4) is 11.5 Å². The van der Waals surface area contributed by atoms with Gasteiger partial charge in [0, 0.05) is 19.6 Å². The average Bonchev–Trinajstić information content (AvgIpc) is 2.94. The number of nitrogens with one attached hydrogen (secondary N) is 1. The number of hydrogen-bond donors (Lipinski definition) is 2. The van der Waals surface area contributed by atoms with Gasteiger partial charge in [0.1, 0.15) is 0 Å². The van der Waals surface area contributed by atoms with Gasteiger partial charge in [-0.25, -0.2) is 0 Å². The Bertz CT molecular complexity index is 469. The summed E-state index contributed by atoms with van der Waals surface area (Å²) in [6.07, 6.45) is 0. The van der Waals surface area contributed by atoms with Crippen LogP contribution >= 0.6 is 15.9 Å². The molecule has 2 saturated heterocycles. The van der Waals surface area contributed by atoms with Crippen LogP contribution in [0.5, 0.6) is 11.5 Å². The highest BCUT2D eigenvalue weighted by Gasteiger charge is 2.35. The fraction of sp³-hybridized carbons (Fsp3) is 0.571. The van der Waals surface area contributed by atoms with E-state index >= 15 is 0 Å². The summed E-state index contributed by atoms with van der Waals surface area (Å²) < 4.78 is 5.89. The van der Waals surface area contributed by atoms with Crippen molar-refractivity contribution in [3.63, 3.8) is 0 Å². The minimum Gasteiger partial charge on any atom is -0.503 e. The van der Waals surface area contributed by atoms with Crippen molar-refractivity contribution in [1.29, 1.82) is 0 Å². The predicted molar refractivity (Wildman–Crippen MR) is 77.5 cm³/mol. The summed E-state index contributed by atoms with van der Waals surface area (Å²) in [5.74, 6) is 2.32. The Morgan fingerprint density at radius 1 is 1.37 bits per heavy atom. The van der Waals surface area contributed by atoms with Gasteiger partial charge in [0.25, 0.3) is 0 Å². The maximum absolute atomic E-state index is 9.82. The van der Waals surface area contributed by atoms with E-state index in [1.165, 1.54) is 18.7 Å². The van der Waals surface area contributed by atoms with Crippen molar-refractivity contribution in [3.05, 3.63) is 22.2 Å². The Labute approximate surface area is 121 Å². The molecule has 4 nitrogen and oxygen atoms in total. The lowest BCUT2D eigenvalue weighted by atomic mass is 10.0. The molecule has 0 saturated carbocycles. The van der Waals surface area contributed by atoms with E-state index in [-0.39, 0.29) is 5.75 Å². The van der Waals surface area contributed by atoms with Gasteiger partial charge in [0.05, 0.1) is 11.6 Å². The van der Waals surface area contributed by atoms with Crippen molar-refractivity contribution >= 4 is 15.9 Å². The van der Waals surface area contributed by atoms with Crippen LogP contribution in [0.4, 0.5) is 0 Å². The van der Waals surface area contributed by atoms with E-state index < -0.39 is 0 Å². The SMILES string of the molecule is COc1cc(CN2CC3CNCC3C2)cc(Br)c1O. The molecule has 104 valence electrons. The number of phenols is 1. The zero-order valence-corrected chi connectivity index (χ0v) is 12.6. The first-order valence-electron chi connectivity index (χ1n) is 6.66. The Hall–Kier alpha value is -0.780. The molecule has 2 heterocycles. The molecule has 0 aromatic heterocycles. The van der Waals surface area contributed by atoms with Gasteiger partial charge < -0.3 is 15.2 Å². The first-order valence-corrected chi connectivity index (χ1v) is 7.45. The van der Waals surface area contributed by atoms with E-state index in [0.29, 0.717) is 10.2 Å². The Morgan fingerprint density at radius 3 is 2.68 bits per heavy atom. The summed E-state index contributed by atoms with van der Waals surface area (Å²) in [6, 6.07) is 3.90. The van der Waals surface area contributed by atoms with Crippen LogP contribution in [0.1, 0.15) is 5.56 Å². The lowest BCUT2D eigenvalue weighted by Gasteiger charge is -2.18. The minimum atomic E-state index is 0.175. The van der Waals surface area contributed by atoms with Gasteiger partial charge in [0.2, 0.25) is 0 Å². The summed E-state index contributed by atoms with van der Waals surface area (Å²) >= 11 is 3.38. The van der Waals surface area contributed by atoms with E-state index in [2.05, 4.69) is 26.1 Å². The highest BCUT2D eigenvalue weighted by molar-refractivity contribution is 9.10. The Morgan fingerprint density at radius 2 is 2.05 bits per heavy atom. The molecule has 5 heteroatoms. The second-order valence-electron chi connectivity index (χ2n) is 5.50. The Balaban J connectivity index is 1.72. The van der Waals surface area contributed by atoms with Crippen LogP contribution in [0.2, 0.25) is 0 Å². The topological polar surface area (TPSA) is 44.7 Å². The number of fused-ring (bicyclic) bond motifs is 1. The lowest BCUT2D eigenvalue weighted by molar-refractivity contribution is 0.304. The third-order valence-corrected chi connectivity index (χ3v) is 4.78. The number of phenolic OH excluding ortho intramolecular Hbond substituents is 1. The molecule has 0 bridgehead atoms. The third kappa shape index (κ3) is 2.59. The van der Waals surface area contributed by atoms with Gasteiger partial charge in [-0.2, -0.15) is 0 Å². The van der Waals surface area contributed by atoms with Crippen molar-refractivity contribution < 1.29 is 9.84 Å². The number of ether oxygens (including phenoxy) is 1. The van der Waals surface area contributed by atoms with E-state index in [1.54, 1.807) is 7.11 Å². The van der Waals surface area contributed by atoms with Crippen LogP contribution < -0.4 is 10.1 Å². The van der Waals surface area contributed by atoms with Gasteiger partial charge in [0.15, 0.2) is 11.5 Å². The molecule has 0 radical (unpaired) electrons. The molecule has 2 aliphatic heterocycles. The van der Waals surface area contributed by atoms with Crippen LogP contribution in [-0.2, 0) is 6.54 Å². The standard InChI is InChI=1S/C14H19BrN2O2/c1-19-13-3-9(2-12(15)14(13)18)6-17-7-10-4-16-5-11(10)8-17/h2-3,10-11,16,18H,4-8H2,1H3. The normalized spacial score (nSPS) is 26.6. The molecule has 2 aliphatic rings. The molecular weight excluding hydrogens is 308 g/mol. The highest BCUT2D eigenvalue weighted by atomic mass is 79.9. The van der Waals surface area contributed by atoms with E-state index in [1.807, 2.05) is 12.1 Å². The number of nitrogens with zero attached hydrogens (tertiary/aromatic N) is 1. The fourth-order valence-corrected chi connectivity index (χ4v) is 3.70. The minimum absolute atomic E-state index is 0.175. The van der Waals surface area contributed by atoms with Crippen LogP contribution in [0.3, 0.4) is 0 Å². The van der Waals surface area contributed by atoms with Crippen LogP contribution in [0.25, 0.3) is 0 Å². The Kier molecular flexibility index (Phi) is 3.69. The quantitative estimate of drug-likeness (QED) is 0.889. The molecule has 0 spiro atoms. The summed E-state index contributed by atoms with van der Waals surface area (Å²) in [6.45, 7) is 5.56. The fourth-order valence-electron chi connectivity index (χ4n) is 3.21. The number of benzene rings is 1. The van der Waals surface area contributed by atoms with Gasteiger partial charge in [-0.1, -0.05) is 0 Å². The zero-order valence-electron chi connectivity index (χ0n) is 11.0. The maximum Gasteiger partial charge on any atom is 0.172 e. The maximum atomic E-state index is 9.82. The molecule has 0 amide bonds. The average molecular weight is 327 g/mol. The molecule has 0 aliphatic carbocycles. The summed E-state index contributed by atoms with van der Waals surface area (Å²) in [5.41, 5.74) is 1.18. The number of rotatable bonds is 3. The molecule has 2 fully saturated rings. The summed E-state index contributed by atoms with van der Waals surface area (Å²) in [7, 11) is 1.58. The van der Waals surface area contributed by atoms with Gasteiger partial charge in [-0.15, -0.1) is 0 Å². The van der Waals surface area contributed by atoms with Crippen LogP contribution in [-0.4, -0.2) is 43.3 Å². The van der Waals surface area contributed by atoms with E-state index in [4.69, 9.17) is 4.74 Å². The second kappa shape index (κ2) is 5.31. The monoisotopic (exact) mass is 326 g/mol. The number of hydrogen-bond acceptors (Lipinski definition) is 4. The number of halogens is 1. The molecule has 3 rings (SSSR count). The van der Waals surface area contributed by atoms with Crippen molar-refractivity contribution in [1.82, 2.24) is 10.2 Å². The first kappa shape index (κ1) is 13.2. The third-order valence-electron chi connectivity index (χ3n) is 4.18. The van der Waals surface area contributed by atoms with E-state index in [9.17, 15) is 5.11 Å². The molecule has 2 atom stereocenters. The largest absolute Gasteiger partial charge is 0.503 e. The molecular formula is C14H19BrN2O2. The molecule has 1 aromatic carbocycles. The zero-order chi connectivity index (χ0) is 13.4. The van der Waals surface area contributed by atoms with Crippen LogP contribution in [0, 0.1) is 11.8 Å². The summed E-state index contributed by atoms with van der Waals surface area (Å²) in [4.78, 5) is 2.49. The van der Waals surface area contributed by atoms with Crippen LogP contribution in [0.15, 0.2) is 16.6 Å². The smallest absolute Gasteiger partial charge is 0.172 e. The van der Waals surface area contributed by atoms with Gasteiger partial charge in [-0.3, -0.25) is 4.90 Å². The van der Waals surface area contributed by atoms with Gasteiger partial charge in [-0.05, 0) is 58.6 Å². The number of likely N-dealkylation sites (tertiary alicyclic amines) is 1. The molecule has 1 aromatic rings. The van der Waals surface area contributed by atoms with Gasteiger partial charge >= 0.3 is 0 Å². The lowest BCUT2D eigenvalue weighted by Crippen LogP contribution is -2.25. The predicted octanol–water partition coefficient (Wildman–Crippen LogP) is 1.81. The second-order valence-corrected chi connectivity index (χ2v) is 6.36. The van der Waals surface area contributed by atoms with Crippen molar-refractivity contribution in [2.24, 2.45) is 11.8 Å². The van der Waals surface area contributed by atoms with Crippen molar-refractivity contribution in [2.75, 3.05) is 33.3 Å². The highest BCUT2D eigenvalue weighted by Crippen LogP contribution is 2.36.